The second kappa shape index (κ2) is 7.25. The molecule has 0 spiro atoms. The minimum atomic E-state index is -1.01. The number of halogens is 1. The molecule has 2 amide bonds. The van der Waals surface area contributed by atoms with Gasteiger partial charge in [-0.1, -0.05) is 46.3 Å². The molecule has 0 unspecified atom stereocenters. The number of hydrogen-bond donors (Lipinski definition) is 1. The third kappa shape index (κ3) is 3.83. The summed E-state index contributed by atoms with van der Waals surface area (Å²) in [5.74, 6) is -1.37. The smallest absolute Gasteiger partial charge is 0.335 e. The van der Waals surface area contributed by atoms with Crippen molar-refractivity contribution in [3.05, 3.63) is 74.6 Å². The van der Waals surface area contributed by atoms with Gasteiger partial charge in [-0.05, 0) is 47.2 Å². The van der Waals surface area contributed by atoms with E-state index in [9.17, 15) is 14.4 Å². The molecule has 3 rings (SSSR count). The predicted octanol–water partition coefficient (Wildman–Crippen LogP) is 4.38. The van der Waals surface area contributed by atoms with Gasteiger partial charge in [0, 0.05) is 4.47 Å². The van der Waals surface area contributed by atoms with Crippen molar-refractivity contribution in [2.24, 2.45) is 0 Å². The van der Waals surface area contributed by atoms with Crippen molar-refractivity contribution in [1.82, 2.24) is 4.90 Å². The average molecular weight is 418 g/mol. The molecule has 5 nitrogen and oxygen atoms in total. The molecule has 2 aromatic carbocycles. The van der Waals surface area contributed by atoms with E-state index in [1.807, 2.05) is 24.3 Å². The Labute approximate surface area is 156 Å². The summed E-state index contributed by atoms with van der Waals surface area (Å²) < 4.78 is 0.835. The molecule has 0 atom stereocenters. The standard InChI is InChI=1S/C18H12BrNO4S/c19-14-4-2-1-3-13(14)10-20-16(21)15(25-18(20)24)9-11-5-7-12(8-6-11)17(22)23/h1-9H,10H2,(H,22,23)/b15-9-. The normalized spacial score (nSPS) is 15.9. The Kier molecular flexibility index (Phi) is 5.06. The van der Waals surface area contributed by atoms with E-state index >= 15 is 0 Å². The molecule has 0 radical (unpaired) electrons. The van der Waals surface area contributed by atoms with Crippen LogP contribution in [-0.4, -0.2) is 27.1 Å². The van der Waals surface area contributed by atoms with Crippen molar-refractivity contribution in [3.63, 3.8) is 0 Å². The molecule has 1 heterocycles. The van der Waals surface area contributed by atoms with E-state index in [0.717, 1.165) is 21.8 Å². The highest BCUT2D eigenvalue weighted by molar-refractivity contribution is 9.10. The van der Waals surface area contributed by atoms with Crippen LogP contribution in [0.25, 0.3) is 6.08 Å². The second-order valence-electron chi connectivity index (χ2n) is 5.29. The molecule has 0 aliphatic carbocycles. The summed E-state index contributed by atoms with van der Waals surface area (Å²) >= 11 is 4.29. The number of imide groups is 1. The zero-order chi connectivity index (χ0) is 18.0. The Morgan fingerprint density at radius 3 is 2.44 bits per heavy atom. The van der Waals surface area contributed by atoms with Crippen LogP contribution in [0.5, 0.6) is 0 Å². The molecule has 25 heavy (non-hydrogen) atoms. The maximum atomic E-state index is 12.5. The Bertz CT molecular complexity index is 892. The summed E-state index contributed by atoms with van der Waals surface area (Å²) in [7, 11) is 0. The Morgan fingerprint density at radius 1 is 1.12 bits per heavy atom. The van der Waals surface area contributed by atoms with E-state index in [1.54, 1.807) is 18.2 Å². The highest BCUT2D eigenvalue weighted by Crippen LogP contribution is 2.34. The number of carbonyl (C=O) groups excluding carboxylic acids is 2. The Hall–Kier alpha value is -2.38. The van der Waals surface area contributed by atoms with Crippen LogP contribution < -0.4 is 0 Å². The van der Waals surface area contributed by atoms with Crippen LogP contribution in [0.1, 0.15) is 21.5 Å². The lowest BCUT2D eigenvalue weighted by Crippen LogP contribution is -2.27. The number of thioether (sulfide) groups is 1. The minimum Gasteiger partial charge on any atom is -0.478 e. The summed E-state index contributed by atoms with van der Waals surface area (Å²) in [6.07, 6.45) is 1.59. The van der Waals surface area contributed by atoms with Crippen LogP contribution in [0.15, 0.2) is 57.9 Å². The highest BCUT2D eigenvalue weighted by atomic mass is 79.9. The number of carbonyl (C=O) groups is 3. The predicted molar refractivity (Wildman–Crippen MR) is 99.1 cm³/mol. The molecule has 2 aromatic rings. The van der Waals surface area contributed by atoms with Crippen LogP contribution in [0.2, 0.25) is 0 Å². The lowest BCUT2D eigenvalue weighted by Gasteiger charge is -2.13. The number of amides is 2. The molecule has 0 aromatic heterocycles. The molecule has 1 saturated heterocycles. The monoisotopic (exact) mass is 417 g/mol. The first kappa shape index (κ1) is 17.4. The fourth-order valence-corrected chi connectivity index (χ4v) is 3.56. The molecule has 1 fully saturated rings. The highest BCUT2D eigenvalue weighted by Gasteiger charge is 2.35. The zero-order valence-electron chi connectivity index (χ0n) is 12.8. The van der Waals surface area contributed by atoms with E-state index in [4.69, 9.17) is 5.11 Å². The number of hydrogen-bond acceptors (Lipinski definition) is 4. The van der Waals surface area contributed by atoms with Gasteiger partial charge in [-0.25, -0.2) is 4.79 Å². The van der Waals surface area contributed by atoms with Gasteiger partial charge >= 0.3 is 5.97 Å². The van der Waals surface area contributed by atoms with E-state index < -0.39 is 5.97 Å². The fourth-order valence-electron chi connectivity index (χ4n) is 2.31. The fraction of sp³-hybridized carbons (Fsp3) is 0.0556. The third-order valence-corrected chi connectivity index (χ3v) is 5.30. The van der Waals surface area contributed by atoms with E-state index in [2.05, 4.69) is 15.9 Å². The molecule has 0 saturated carbocycles. The summed E-state index contributed by atoms with van der Waals surface area (Å²) in [6, 6.07) is 13.5. The van der Waals surface area contributed by atoms with Crippen molar-refractivity contribution in [3.8, 4) is 0 Å². The molecular weight excluding hydrogens is 406 g/mol. The molecule has 1 N–H and O–H groups in total. The van der Waals surface area contributed by atoms with E-state index in [0.29, 0.717) is 10.5 Å². The molecular formula is C18H12BrNO4S. The maximum absolute atomic E-state index is 12.5. The van der Waals surface area contributed by atoms with Crippen LogP contribution in [0.4, 0.5) is 4.79 Å². The SMILES string of the molecule is O=C(O)c1ccc(/C=C2\SC(=O)N(Cc3ccccc3Br)C2=O)cc1. The first-order valence-electron chi connectivity index (χ1n) is 7.28. The molecule has 1 aliphatic heterocycles. The van der Waals surface area contributed by atoms with Gasteiger partial charge in [-0.3, -0.25) is 14.5 Å². The van der Waals surface area contributed by atoms with Gasteiger partial charge in [0.05, 0.1) is 17.0 Å². The van der Waals surface area contributed by atoms with Crippen LogP contribution in [0.3, 0.4) is 0 Å². The number of carboxylic acids is 1. The second-order valence-corrected chi connectivity index (χ2v) is 7.13. The van der Waals surface area contributed by atoms with Crippen LogP contribution in [-0.2, 0) is 11.3 Å². The van der Waals surface area contributed by atoms with Gasteiger partial charge in [-0.15, -0.1) is 0 Å². The lowest BCUT2D eigenvalue weighted by atomic mass is 10.1. The van der Waals surface area contributed by atoms with Gasteiger partial charge < -0.3 is 5.11 Å². The summed E-state index contributed by atoms with van der Waals surface area (Å²) in [6.45, 7) is 0.196. The van der Waals surface area contributed by atoms with Gasteiger partial charge in [0.2, 0.25) is 0 Å². The summed E-state index contributed by atoms with van der Waals surface area (Å²) in [4.78, 5) is 37.1. The number of aromatic carboxylic acids is 1. The third-order valence-electron chi connectivity index (χ3n) is 3.62. The van der Waals surface area contributed by atoms with Gasteiger partial charge in [-0.2, -0.15) is 0 Å². The van der Waals surface area contributed by atoms with Gasteiger partial charge in [0.1, 0.15) is 0 Å². The number of benzene rings is 2. The Morgan fingerprint density at radius 2 is 1.80 bits per heavy atom. The lowest BCUT2D eigenvalue weighted by molar-refractivity contribution is -0.123. The van der Waals surface area contributed by atoms with E-state index in [1.165, 1.54) is 17.0 Å². The van der Waals surface area contributed by atoms with Crippen molar-refractivity contribution >= 4 is 50.9 Å². The first-order chi connectivity index (χ1) is 12.0. The number of nitrogens with zero attached hydrogens (tertiary/aromatic N) is 1. The van der Waals surface area contributed by atoms with Crippen LogP contribution >= 0.6 is 27.7 Å². The summed E-state index contributed by atoms with van der Waals surface area (Å²) in [5, 5.41) is 8.58. The van der Waals surface area contributed by atoms with Crippen molar-refractivity contribution < 1.29 is 19.5 Å². The number of rotatable bonds is 4. The molecule has 126 valence electrons. The molecule has 7 heteroatoms. The minimum absolute atomic E-state index is 0.166. The van der Waals surface area contributed by atoms with Crippen molar-refractivity contribution in [2.75, 3.05) is 0 Å². The Balaban J connectivity index is 1.81. The van der Waals surface area contributed by atoms with Crippen molar-refractivity contribution in [1.29, 1.82) is 0 Å². The van der Waals surface area contributed by atoms with Crippen molar-refractivity contribution in [2.45, 2.75) is 6.54 Å². The summed E-state index contributed by atoms with van der Waals surface area (Å²) in [5.41, 5.74) is 1.67. The number of carboxylic acid groups (broad SMARTS) is 1. The molecule has 0 bridgehead atoms. The van der Waals surface area contributed by atoms with Gasteiger partial charge in [0.15, 0.2) is 0 Å². The maximum Gasteiger partial charge on any atom is 0.335 e. The quantitative estimate of drug-likeness (QED) is 0.746. The van der Waals surface area contributed by atoms with Gasteiger partial charge in [0.25, 0.3) is 11.1 Å². The topological polar surface area (TPSA) is 74.7 Å². The molecule has 1 aliphatic rings. The van der Waals surface area contributed by atoms with Crippen LogP contribution in [0, 0.1) is 0 Å². The largest absolute Gasteiger partial charge is 0.478 e. The van der Waals surface area contributed by atoms with E-state index in [-0.39, 0.29) is 23.3 Å². The first-order valence-corrected chi connectivity index (χ1v) is 8.89. The zero-order valence-corrected chi connectivity index (χ0v) is 15.2. The average Bonchev–Trinajstić information content (AvgIpc) is 2.85.